The van der Waals surface area contributed by atoms with E-state index in [4.69, 9.17) is 16.7 Å². The van der Waals surface area contributed by atoms with Crippen molar-refractivity contribution in [2.45, 2.75) is 0 Å². The molecule has 0 aromatic heterocycles. The maximum atomic E-state index is 8.45. The predicted octanol–water partition coefficient (Wildman–Crippen LogP) is 1.26. The number of hydrogen-bond acceptors (Lipinski definition) is 3. The van der Waals surface area contributed by atoms with Gasteiger partial charge >= 0.3 is 0 Å². The van der Waals surface area contributed by atoms with Gasteiger partial charge in [-0.15, -0.1) is 0 Å². The van der Waals surface area contributed by atoms with Crippen LogP contribution in [0.5, 0.6) is 0 Å². The largest absolute Gasteiger partial charge is 0.394 e. The van der Waals surface area contributed by atoms with Crippen molar-refractivity contribution in [2.24, 2.45) is 5.10 Å². The second-order valence-electron chi connectivity index (χ2n) is 2.44. The molecule has 0 aliphatic rings. The fraction of sp³-hybridized carbons (Fsp3) is 0.222. The second kappa shape index (κ2) is 5.56. The maximum absolute atomic E-state index is 8.45. The van der Waals surface area contributed by atoms with E-state index >= 15 is 0 Å². The highest BCUT2D eigenvalue weighted by Gasteiger charge is 1.88. The van der Waals surface area contributed by atoms with Crippen LogP contribution in [-0.4, -0.2) is 24.5 Å². The lowest BCUT2D eigenvalue weighted by Crippen LogP contribution is -2.11. The molecule has 4 heteroatoms. The zero-order valence-corrected chi connectivity index (χ0v) is 7.83. The van der Waals surface area contributed by atoms with E-state index < -0.39 is 0 Å². The van der Waals surface area contributed by atoms with E-state index in [0.29, 0.717) is 11.6 Å². The van der Waals surface area contributed by atoms with Gasteiger partial charge in [-0.05, 0) is 17.7 Å². The molecule has 3 nitrogen and oxygen atoms in total. The minimum Gasteiger partial charge on any atom is -0.394 e. The standard InChI is InChI=1S/C9H11ClN2O/c10-9-3-1-2-8(6-9)7-12-11-4-5-13/h1-3,6-7,11,13H,4-5H2/b12-7-. The summed E-state index contributed by atoms with van der Waals surface area (Å²) < 4.78 is 0. The smallest absolute Gasteiger partial charge is 0.0620 e. The summed E-state index contributed by atoms with van der Waals surface area (Å²) in [4.78, 5) is 0. The molecule has 70 valence electrons. The Balaban J connectivity index is 2.48. The van der Waals surface area contributed by atoms with Crippen molar-refractivity contribution in [1.82, 2.24) is 5.43 Å². The van der Waals surface area contributed by atoms with Gasteiger partial charge in [-0.1, -0.05) is 23.7 Å². The molecule has 0 amide bonds. The van der Waals surface area contributed by atoms with Crippen LogP contribution in [-0.2, 0) is 0 Å². The molecule has 0 aliphatic carbocycles. The van der Waals surface area contributed by atoms with Gasteiger partial charge in [-0.25, -0.2) is 0 Å². The SMILES string of the molecule is OCCN/N=C\c1cccc(Cl)c1. The molecular weight excluding hydrogens is 188 g/mol. The summed E-state index contributed by atoms with van der Waals surface area (Å²) >= 11 is 5.76. The van der Waals surface area contributed by atoms with Crippen molar-refractivity contribution in [2.75, 3.05) is 13.2 Å². The van der Waals surface area contributed by atoms with Crippen LogP contribution in [0.25, 0.3) is 0 Å². The summed E-state index contributed by atoms with van der Waals surface area (Å²) in [5.74, 6) is 0. The Bertz CT molecular complexity index is 289. The van der Waals surface area contributed by atoms with Crippen molar-refractivity contribution in [3.63, 3.8) is 0 Å². The number of hydrazone groups is 1. The van der Waals surface area contributed by atoms with Crippen LogP contribution in [0.3, 0.4) is 0 Å². The van der Waals surface area contributed by atoms with Gasteiger partial charge in [0.15, 0.2) is 0 Å². The summed E-state index contributed by atoms with van der Waals surface area (Å²) in [6.07, 6.45) is 1.65. The molecule has 13 heavy (non-hydrogen) atoms. The lowest BCUT2D eigenvalue weighted by Gasteiger charge is -1.95. The third kappa shape index (κ3) is 3.92. The summed E-state index contributed by atoms with van der Waals surface area (Å²) in [5, 5.41) is 13.0. The average Bonchev–Trinajstić information content (AvgIpc) is 2.13. The van der Waals surface area contributed by atoms with Crippen molar-refractivity contribution in [3.8, 4) is 0 Å². The van der Waals surface area contributed by atoms with Crippen LogP contribution >= 0.6 is 11.6 Å². The first-order chi connectivity index (χ1) is 6.33. The van der Waals surface area contributed by atoms with Crippen LogP contribution in [0.2, 0.25) is 5.02 Å². The number of nitrogens with one attached hydrogen (secondary N) is 1. The predicted molar refractivity (Wildman–Crippen MR) is 54.1 cm³/mol. The molecule has 0 fully saturated rings. The van der Waals surface area contributed by atoms with E-state index in [1.165, 1.54) is 0 Å². The third-order valence-corrected chi connectivity index (χ3v) is 1.61. The van der Waals surface area contributed by atoms with Crippen LogP contribution in [0.15, 0.2) is 29.4 Å². The monoisotopic (exact) mass is 198 g/mol. The second-order valence-corrected chi connectivity index (χ2v) is 2.88. The summed E-state index contributed by atoms with van der Waals surface area (Å²) in [5.41, 5.74) is 3.61. The minimum absolute atomic E-state index is 0.0763. The topological polar surface area (TPSA) is 44.6 Å². The Morgan fingerprint density at radius 2 is 2.38 bits per heavy atom. The molecule has 0 spiro atoms. The summed E-state index contributed by atoms with van der Waals surface area (Å²) in [6.45, 7) is 0.532. The minimum atomic E-state index is 0.0763. The quantitative estimate of drug-likeness (QED) is 0.435. The number of rotatable bonds is 4. The van der Waals surface area contributed by atoms with Crippen molar-refractivity contribution in [1.29, 1.82) is 0 Å². The molecule has 0 aliphatic heterocycles. The number of halogens is 1. The van der Waals surface area contributed by atoms with Crippen molar-refractivity contribution in [3.05, 3.63) is 34.9 Å². The maximum Gasteiger partial charge on any atom is 0.0620 e. The highest BCUT2D eigenvalue weighted by atomic mass is 35.5. The van der Waals surface area contributed by atoms with Gasteiger partial charge in [0.1, 0.15) is 0 Å². The Labute approximate surface area is 82.0 Å². The fourth-order valence-corrected chi connectivity index (χ4v) is 1.02. The van der Waals surface area contributed by atoms with Crippen molar-refractivity contribution < 1.29 is 5.11 Å². The van der Waals surface area contributed by atoms with Gasteiger partial charge in [0.25, 0.3) is 0 Å². The molecule has 0 bridgehead atoms. The van der Waals surface area contributed by atoms with E-state index in [2.05, 4.69) is 10.5 Å². The first kappa shape index (κ1) is 10.0. The van der Waals surface area contributed by atoms with Gasteiger partial charge < -0.3 is 10.5 Å². The Kier molecular flexibility index (Phi) is 4.29. The van der Waals surface area contributed by atoms with Gasteiger partial charge in [0.05, 0.1) is 19.4 Å². The number of aliphatic hydroxyl groups is 1. The third-order valence-electron chi connectivity index (χ3n) is 1.38. The van der Waals surface area contributed by atoms with Gasteiger partial charge in [0, 0.05) is 5.02 Å². The number of hydrogen-bond donors (Lipinski definition) is 2. The molecular formula is C9H11ClN2O. The highest BCUT2D eigenvalue weighted by Crippen LogP contribution is 2.08. The van der Waals surface area contributed by atoms with Gasteiger partial charge in [-0.2, -0.15) is 5.10 Å². The normalized spacial score (nSPS) is 10.6. The summed E-state index contributed by atoms with van der Waals surface area (Å²) in [7, 11) is 0. The van der Waals surface area contributed by atoms with Crippen LogP contribution in [0.1, 0.15) is 5.56 Å². The van der Waals surface area contributed by atoms with Crippen molar-refractivity contribution >= 4 is 17.8 Å². The highest BCUT2D eigenvalue weighted by molar-refractivity contribution is 6.30. The first-order valence-corrected chi connectivity index (χ1v) is 4.33. The molecule has 0 atom stereocenters. The number of nitrogens with zero attached hydrogens (tertiary/aromatic N) is 1. The molecule has 0 unspecified atom stereocenters. The molecule has 1 aromatic carbocycles. The molecule has 1 rings (SSSR count). The molecule has 0 saturated carbocycles. The average molecular weight is 199 g/mol. The van der Waals surface area contributed by atoms with Crippen LogP contribution in [0.4, 0.5) is 0 Å². The van der Waals surface area contributed by atoms with Crippen LogP contribution < -0.4 is 5.43 Å². The first-order valence-electron chi connectivity index (χ1n) is 3.95. The Morgan fingerprint density at radius 3 is 3.08 bits per heavy atom. The number of aliphatic hydroxyl groups excluding tert-OH is 1. The summed E-state index contributed by atoms with van der Waals surface area (Å²) in [6, 6.07) is 7.37. The fourth-order valence-electron chi connectivity index (χ4n) is 0.822. The van der Waals surface area contributed by atoms with E-state index in [9.17, 15) is 0 Å². The Morgan fingerprint density at radius 1 is 1.54 bits per heavy atom. The Hall–Kier alpha value is -1.06. The van der Waals surface area contributed by atoms with E-state index in [0.717, 1.165) is 5.56 Å². The number of benzene rings is 1. The zero-order valence-electron chi connectivity index (χ0n) is 7.07. The molecule has 0 saturated heterocycles. The lowest BCUT2D eigenvalue weighted by atomic mass is 10.2. The molecule has 0 radical (unpaired) electrons. The van der Waals surface area contributed by atoms with E-state index in [1.54, 1.807) is 12.3 Å². The molecule has 0 heterocycles. The van der Waals surface area contributed by atoms with Crippen LogP contribution in [0, 0.1) is 0 Å². The lowest BCUT2D eigenvalue weighted by molar-refractivity contribution is 0.294. The van der Waals surface area contributed by atoms with Gasteiger partial charge in [-0.3, -0.25) is 0 Å². The van der Waals surface area contributed by atoms with Gasteiger partial charge in [0.2, 0.25) is 0 Å². The van der Waals surface area contributed by atoms with E-state index in [1.807, 2.05) is 18.2 Å². The zero-order chi connectivity index (χ0) is 9.52. The molecule has 1 aromatic rings. The van der Waals surface area contributed by atoms with E-state index in [-0.39, 0.29) is 6.61 Å². The molecule has 2 N–H and O–H groups in total.